The summed E-state index contributed by atoms with van der Waals surface area (Å²) < 4.78 is 56.7. The number of sulfonamides is 1. The number of hydrogen-bond donors (Lipinski definition) is 0. The summed E-state index contributed by atoms with van der Waals surface area (Å²) in [7, 11) is -3.02. The highest BCUT2D eigenvalue weighted by molar-refractivity contribution is 7.92. The molecule has 0 aliphatic carbocycles. The molecule has 0 radical (unpaired) electrons. The lowest BCUT2D eigenvalue weighted by atomic mass is 10.3. The van der Waals surface area contributed by atoms with Crippen LogP contribution in [0.4, 0.5) is 14.5 Å². The third-order valence-corrected chi connectivity index (χ3v) is 4.80. The molecule has 5 nitrogen and oxygen atoms in total. The van der Waals surface area contributed by atoms with Crippen LogP contribution in [-0.2, 0) is 19.6 Å². The Balaban J connectivity index is 2.49. The number of hydrogen-bond acceptors (Lipinski definition) is 4. The van der Waals surface area contributed by atoms with Crippen molar-refractivity contribution in [1.29, 1.82) is 0 Å². The van der Waals surface area contributed by atoms with Gasteiger partial charge in [0.1, 0.15) is 18.2 Å². The van der Waals surface area contributed by atoms with Gasteiger partial charge in [-0.3, -0.25) is 9.10 Å². The van der Waals surface area contributed by atoms with E-state index >= 15 is 0 Å². The van der Waals surface area contributed by atoms with Gasteiger partial charge >= 0.3 is 5.97 Å². The maximum atomic E-state index is 13.0. The number of esters is 1. The van der Waals surface area contributed by atoms with Crippen LogP contribution in [0, 0.1) is 11.6 Å². The van der Waals surface area contributed by atoms with Gasteiger partial charge in [0.2, 0.25) is 0 Å². The molecule has 0 saturated heterocycles. The summed E-state index contributed by atoms with van der Waals surface area (Å²) in [5.74, 6) is -1.93. The third kappa shape index (κ3) is 3.84. The molecule has 122 valence electrons. The van der Waals surface area contributed by atoms with Gasteiger partial charge < -0.3 is 4.74 Å². The molecule has 2 rings (SSSR count). The summed E-state index contributed by atoms with van der Waals surface area (Å²) in [6.45, 7) is -0.595. The highest BCUT2D eigenvalue weighted by Gasteiger charge is 2.27. The Bertz CT molecular complexity index is 789. The number of methoxy groups -OCH3 is 1. The zero-order chi connectivity index (χ0) is 17.0. The summed E-state index contributed by atoms with van der Waals surface area (Å²) in [6.07, 6.45) is 0. The quantitative estimate of drug-likeness (QED) is 0.783. The number of rotatable bonds is 5. The van der Waals surface area contributed by atoms with Crippen molar-refractivity contribution >= 4 is 21.7 Å². The minimum absolute atomic E-state index is 0.0844. The number of anilines is 1. The number of carbonyl (C=O) groups is 1. The fraction of sp³-hybridized carbons (Fsp3) is 0.133. The molecule has 0 aliphatic rings. The molecule has 0 aliphatic heterocycles. The molecule has 0 amide bonds. The van der Waals surface area contributed by atoms with Crippen molar-refractivity contribution < 1.29 is 26.7 Å². The SMILES string of the molecule is COC(=O)CN(c1ccc(F)cc1)S(=O)(=O)c1ccc(F)cc1. The number of ether oxygens (including phenoxy) is 1. The molecule has 0 atom stereocenters. The van der Waals surface area contributed by atoms with Crippen LogP contribution in [-0.4, -0.2) is 28.0 Å². The molecule has 23 heavy (non-hydrogen) atoms. The van der Waals surface area contributed by atoms with Crippen LogP contribution in [0.2, 0.25) is 0 Å². The lowest BCUT2D eigenvalue weighted by Crippen LogP contribution is -2.36. The highest BCUT2D eigenvalue weighted by atomic mass is 32.2. The number of carbonyl (C=O) groups excluding carboxylic acids is 1. The first-order chi connectivity index (χ1) is 10.8. The first-order valence-electron chi connectivity index (χ1n) is 6.45. The van der Waals surface area contributed by atoms with Crippen LogP contribution in [0.1, 0.15) is 0 Å². The monoisotopic (exact) mass is 341 g/mol. The standard InChI is InChI=1S/C15H13F2NO4S/c1-22-15(19)10-18(13-6-2-11(16)3-7-13)23(20,21)14-8-4-12(17)5-9-14/h2-9H,10H2,1H3. The van der Waals surface area contributed by atoms with E-state index in [0.29, 0.717) is 0 Å². The molecule has 0 saturated carbocycles. The van der Waals surface area contributed by atoms with Gasteiger partial charge in [0.05, 0.1) is 17.7 Å². The maximum Gasteiger partial charge on any atom is 0.326 e. The van der Waals surface area contributed by atoms with E-state index in [4.69, 9.17) is 0 Å². The van der Waals surface area contributed by atoms with Crippen molar-refractivity contribution in [2.45, 2.75) is 4.90 Å². The minimum Gasteiger partial charge on any atom is -0.468 e. The second-order valence-electron chi connectivity index (χ2n) is 4.52. The van der Waals surface area contributed by atoms with E-state index in [2.05, 4.69) is 4.74 Å². The van der Waals surface area contributed by atoms with Crippen LogP contribution in [0.5, 0.6) is 0 Å². The molecule has 0 spiro atoms. The Morgan fingerprint density at radius 1 is 1.00 bits per heavy atom. The first kappa shape index (κ1) is 16.9. The summed E-state index contributed by atoms with van der Waals surface area (Å²) >= 11 is 0. The summed E-state index contributed by atoms with van der Waals surface area (Å²) in [5, 5.41) is 0. The average Bonchev–Trinajstić information content (AvgIpc) is 2.53. The van der Waals surface area contributed by atoms with Gasteiger partial charge in [-0.2, -0.15) is 0 Å². The van der Waals surface area contributed by atoms with Gasteiger partial charge in [0.15, 0.2) is 0 Å². The fourth-order valence-corrected chi connectivity index (χ4v) is 3.25. The third-order valence-electron chi connectivity index (χ3n) is 3.02. The molecule has 2 aromatic rings. The largest absolute Gasteiger partial charge is 0.468 e. The average molecular weight is 341 g/mol. The number of halogens is 2. The highest BCUT2D eigenvalue weighted by Crippen LogP contribution is 2.24. The molecule has 0 N–H and O–H groups in total. The second kappa shape index (κ2) is 6.74. The van der Waals surface area contributed by atoms with Gasteiger partial charge in [0.25, 0.3) is 10.0 Å². The van der Waals surface area contributed by atoms with Crippen molar-refractivity contribution in [2.75, 3.05) is 18.0 Å². The lowest BCUT2D eigenvalue weighted by Gasteiger charge is -2.23. The molecule has 0 aromatic heterocycles. The van der Waals surface area contributed by atoms with E-state index in [9.17, 15) is 22.0 Å². The zero-order valence-electron chi connectivity index (χ0n) is 12.1. The topological polar surface area (TPSA) is 63.7 Å². The normalized spacial score (nSPS) is 11.1. The van der Waals surface area contributed by atoms with E-state index in [-0.39, 0.29) is 10.6 Å². The van der Waals surface area contributed by atoms with Gasteiger partial charge in [-0.15, -0.1) is 0 Å². The van der Waals surface area contributed by atoms with E-state index in [1.54, 1.807) is 0 Å². The molecule has 0 heterocycles. The predicted octanol–water partition coefficient (Wildman–Crippen LogP) is 2.33. The van der Waals surface area contributed by atoms with Crippen molar-refractivity contribution in [3.63, 3.8) is 0 Å². The van der Waals surface area contributed by atoms with Crippen molar-refractivity contribution in [2.24, 2.45) is 0 Å². The van der Waals surface area contributed by atoms with Crippen LogP contribution < -0.4 is 4.31 Å². The molecular formula is C15H13F2NO4S. The van der Waals surface area contributed by atoms with E-state index in [1.165, 1.54) is 12.1 Å². The second-order valence-corrected chi connectivity index (χ2v) is 6.38. The van der Waals surface area contributed by atoms with E-state index < -0.39 is 34.2 Å². The Kier molecular flexibility index (Phi) is 4.95. The van der Waals surface area contributed by atoms with Gasteiger partial charge in [0, 0.05) is 0 Å². The fourth-order valence-electron chi connectivity index (χ4n) is 1.84. The number of nitrogens with zero attached hydrogens (tertiary/aromatic N) is 1. The van der Waals surface area contributed by atoms with Gasteiger partial charge in [-0.05, 0) is 48.5 Å². The maximum absolute atomic E-state index is 13.0. The zero-order valence-corrected chi connectivity index (χ0v) is 12.9. The summed E-state index contributed by atoms with van der Waals surface area (Å²) in [6, 6.07) is 8.73. The summed E-state index contributed by atoms with van der Waals surface area (Å²) in [4.78, 5) is 11.3. The molecule has 2 aromatic carbocycles. The van der Waals surface area contributed by atoms with Crippen molar-refractivity contribution in [3.05, 3.63) is 60.2 Å². The molecule has 0 bridgehead atoms. The summed E-state index contributed by atoms with van der Waals surface area (Å²) in [5.41, 5.74) is 0.0844. The van der Waals surface area contributed by atoms with E-state index in [1.807, 2.05) is 0 Å². The van der Waals surface area contributed by atoms with Crippen LogP contribution in [0.15, 0.2) is 53.4 Å². The van der Waals surface area contributed by atoms with Crippen molar-refractivity contribution in [1.82, 2.24) is 0 Å². The van der Waals surface area contributed by atoms with Crippen LogP contribution in [0.3, 0.4) is 0 Å². The Hall–Kier alpha value is -2.48. The lowest BCUT2D eigenvalue weighted by molar-refractivity contribution is -0.138. The van der Waals surface area contributed by atoms with Crippen LogP contribution >= 0.6 is 0 Å². The molecule has 8 heteroatoms. The minimum atomic E-state index is -4.15. The predicted molar refractivity (Wildman–Crippen MR) is 79.3 cm³/mol. The molecule has 0 fully saturated rings. The van der Waals surface area contributed by atoms with Crippen LogP contribution in [0.25, 0.3) is 0 Å². The number of benzene rings is 2. The van der Waals surface area contributed by atoms with Crippen molar-refractivity contribution in [3.8, 4) is 0 Å². The van der Waals surface area contributed by atoms with E-state index in [0.717, 1.165) is 47.8 Å². The molecule has 0 unspecified atom stereocenters. The first-order valence-corrected chi connectivity index (χ1v) is 7.89. The Labute approximate surface area is 132 Å². The molecular weight excluding hydrogens is 328 g/mol. The Morgan fingerprint density at radius 2 is 1.48 bits per heavy atom. The van der Waals surface area contributed by atoms with Gasteiger partial charge in [-0.25, -0.2) is 17.2 Å². The smallest absolute Gasteiger partial charge is 0.326 e. The van der Waals surface area contributed by atoms with Gasteiger partial charge in [-0.1, -0.05) is 0 Å². The Morgan fingerprint density at radius 3 is 1.96 bits per heavy atom.